The van der Waals surface area contributed by atoms with Crippen LogP contribution in [-0.2, 0) is 21.7 Å². The summed E-state index contributed by atoms with van der Waals surface area (Å²) in [5, 5.41) is 18.0. The van der Waals surface area contributed by atoms with Crippen molar-refractivity contribution in [2.24, 2.45) is 0 Å². The molecule has 0 bridgehead atoms. The Labute approximate surface area is 712 Å². The van der Waals surface area contributed by atoms with Gasteiger partial charge >= 0.3 is 0 Å². The maximum absolute atomic E-state index is 2.54. The average molecular weight is 1550 g/mol. The molecule has 21 aromatic carbocycles. The van der Waals surface area contributed by atoms with E-state index in [2.05, 4.69) is 442 Å². The van der Waals surface area contributed by atoms with Gasteiger partial charge in [0.1, 0.15) is 0 Å². The molecule has 26 rings (SSSR count). The van der Waals surface area contributed by atoms with Gasteiger partial charge in [-0.25, -0.2) is 0 Å². The molecule has 0 amide bonds. The summed E-state index contributed by atoms with van der Waals surface area (Å²) in [6.45, 7) is 14.4. The summed E-state index contributed by atoms with van der Waals surface area (Å²) in [5.74, 6) is 0. The highest BCUT2D eigenvalue weighted by Crippen LogP contribution is 2.65. The number of benzene rings is 21. The molecule has 0 atom stereocenters. The monoisotopic (exact) mass is 1550 g/mol. The molecule has 0 heteroatoms. The normalized spacial score (nSPS) is 14.4. The molecule has 0 fully saturated rings. The van der Waals surface area contributed by atoms with Gasteiger partial charge in [0.2, 0.25) is 0 Å². The van der Waals surface area contributed by atoms with Crippen LogP contribution in [0.15, 0.2) is 400 Å². The second-order valence-electron chi connectivity index (χ2n) is 36.3. The van der Waals surface area contributed by atoms with E-state index in [9.17, 15) is 0 Å². The molecule has 1 spiro atoms. The van der Waals surface area contributed by atoms with Crippen LogP contribution in [0.2, 0.25) is 0 Å². The predicted octanol–water partition coefficient (Wildman–Crippen LogP) is 32.7. The molecule has 572 valence electrons. The summed E-state index contributed by atoms with van der Waals surface area (Å²) in [7, 11) is 0. The van der Waals surface area contributed by atoms with E-state index in [1.807, 2.05) is 0 Å². The first kappa shape index (κ1) is 70.5. The van der Waals surface area contributed by atoms with Crippen LogP contribution in [0.4, 0.5) is 0 Å². The third-order valence-electron chi connectivity index (χ3n) is 29.0. The molecule has 122 heavy (non-hydrogen) atoms. The molecule has 0 radical (unpaired) electrons. The molecule has 5 aliphatic rings. The standard InChI is InChI=1S/C64H42.C58H42/c1-63(2)58-37-40-18-4-3-17-39(40)36-54(58)53-29-16-28-44(62(53)63)41-19-15-20-42(35-41)60-49-24-5-7-26-51(49)61(52-27-8-6-25-50(52)60)43-33-34-48-47-23-11-14-32-57(47)64(59(48)38-43)55-30-12-9-21-45(55)46-22-10-13-31-56(46)64;1-57(2)50-30-14-13-27-47(50)55-41-22-8-7-21-40(41)49(34-52(55)57)54-44-25-11-9-23-42(44)53(43-24-10-12-26-45(43)54)38-20-15-19-37(31-38)39-28-16-29-46-48-32-35-17-5-6-18-36(35)33-51(48)58(3,4)56(39)46/h3-38H,1-2H3;5-34H,1-4H3. The van der Waals surface area contributed by atoms with E-state index < -0.39 is 5.41 Å². The topological polar surface area (TPSA) is 0 Å². The van der Waals surface area contributed by atoms with Gasteiger partial charge in [-0.15, -0.1) is 0 Å². The van der Waals surface area contributed by atoms with Gasteiger partial charge < -0.3 is 0 Å². The Balaban J connectivity index is 0.000000135. The van der Waals surface area contributed by atoms with Crippen molar-refractivity contribution in [2.75, 3.05) is 0 Å². The van der Waals surface area contributed by atoms with E-state index in [-0.39, 0.29) is 16.2 Å². The van der Waals surface area contributed by atoms with Crippen LogP contribution in [-0.4, -0.2) is 0 Å². The molecule has 0 nitrogen and oxygen atoms in total. The van der Waals surface area contributed by atoms with Crippen LogP contribution in [0.5, 0.6) is 0 Å². The molecule has 21 aromatic rings. The van der Waals surface area contributed by atoms with Crippen LogP contribution in [0.1, 0.15) is 97.2 Å². The lowest BCUT2D eigenvalue weighted by molar-refractivity contribution is 0.661. The Kier molecular flexibility index (Phi) is 15.0. The van der Waals surface area contributed by atoms with Gasteiger partial charge in [0.05, 0.1) is 5.41 Å². The Morgan fingerprint density at radius 2 is 0.443 bits per heavy atom. The smallest absolute Gasteiger partial charge is 0.0619 e. The van der Waals surface area contributed by atoms with Gasteiger partial charge in [0.25, 0.3) is 0 Å². The third-order valence-corrected chi connectivity index (χ3v) is 29.0. The molecule has 0 N–H and O–H groups in total. The molecule has 0 unspecified atom stereocenters. The third kappa shape index (κ3) is 9.75. The Bertz CT molecular complexity index is 7990. The fourth-order valence-corrected chi connectivity index (χ4v) is 23.8. The second-order valence-corrected chi connectivity index (χ2v) is 36.3. The quantitative estimate of drug-likeness (QED) is 0.146. The zero-order chi connectivity index (χ0) is 81.2. The summed E-state index contributed by atoms with van der Waals surface area (Å²) in [4.78, 5) is 0. The van der Waals surface area contributed by atoms with Gasteiger partial charge in [-0.1, -0.05) is 393 Å². The maximum atomic E-state index is 2.54. The van der Waals surface area contributed by atoms with E-state index in [4.69, 9.17) is 0 Å². The number of hydrogen-bond donors (Lipinski definition) is 0. The van der Waals surface area contributed by atoms with E-state index >= 15 is 0 Å². The predicted molar refractivity (Wildman–Crippen MR) is 517 cm³/mol. The van der Waals surface area contributed by atoms with Crippen LogP contribution in [0, 0.1) is 0 Å². The Morgan fingerprint density at radius 3 is 0.869 bits per heavy atom. The molecular weight excluding hydrogens is 1470 g/mol. The fourth-order valence-electron chi connectivity index (χ4n) is 23.8. The Hall–Kier alpha value is -14.6. The first-order chi connectivity index (χ1) is 59.8. The van der Waals surface area contributed by atoms with Crippen molar-refractivity contribution >= 4 is 75.4 Å². The summed E-state index contributed by atoms with van der Waals surface area (Å²) >= 11 is 0. The van der Waals surface area contributed by atoms with Crippen molar-refractivity contribution in [3.8, 4) is 122 Å². The summed E-state index contributed by atoms with van der Waals surface area (Å²) < 4.78 is 0. The van der Waals surface area contributed by atoms with Crippen molar-refractivity contribution in [1.29, 1.82) is 0 Å². The van der Waals surface area contributed by atoms with Crippen molar-refractivity contribution in [2.45, 2.75) is 63.2 Å². The second kappa shape index (κ2) is 26.0. The summed E-state index contributed by atoms with van der Waals surface area (Å²) in [6.07, 6.45) is 0. The SMILES string of the molecule is CC1(C)c2cc3ccccc3cc2-c2cccc(-c3cccc(-c4c5ccccc5c(-c5ccc6c(c5)C5(c7ccccc7-c7ccccc75)c5ccccc5-6)c5ccccc45)c3)c21.CC1(C)c2ccccc2-c2c1cc(-c1c3ccccc3c(-c3cccc(-c4cccc5c4C(C)(C)c4cc6ccccc6cc4-5)c3)c3ccccc13)c1ccccc21. The van der Waals surface area contributed by atoms with E-state index in [1.54, 1.807) is 0 Å². The number of rotatable bonds is 6. The van der Waals surface area contributed by atoms with Crippen LogP contribution < -0.4 is 0 Å². The van der Waals surface area contributed by atoms with Crippen LogP contribution in [0.3, 0.4) is 0 Å². The average Bonchev–Trinajstić information content (AvgIpc) is 1.50. The van der Waals surface area contributed by atoms with E-state index in [0.717, 1.165) is 0 Å². The van der Waals surface area contributed by atoms with Gasteiger partial charge in [0, 0.05) is 16.2 Å². The first-order valence-corrected chi connectivity index (χ1v) is 43.4. The van der Waals surface area contributed by atoms with Gasteiger partial charge in [-0.3, -0.25) is 0 Å². The van der Waals surface area contributed by atoms with Crippen LogP contribution in [0.25, 0.3) is 198 Å². The summed E-state index contributed by atoms with van der Waals surface area (Å²) in [5.41, 5.74) is 41.8. The van der Waals surface area contributed by atoms with E-state index in [0.29, 0.717) is 0 Å². The lowest BCUT2D eigenvalue weighted by Gasteiger charge is -2.31. The maximum Gasteiger partial charge on any atom is 0.0725 e. The van der Waals surface area contributed by atoms with Crippen molar-refractivity contribution in [3.63, 3.8) is 0 Å². The minimum atomic E-state index is -0.401. The lowest BCUT2D eigenvalue weighted by atomic mass is 9.70. The molecule has 0 saturated heterocycles. The van der Waals surface area contributed by atoms with Gasteiger partial charge in [-0.2, -0.15) is 0 Å². The minimum Gasteiger partial charge on any atom is -0.0619 e. The largest absolute Gasteiger partial charge is 0.0725 e. The van der Waals surface area contributed by atoms with Crippen molar-refractivity contribution < 1.29 is 0 Å². The van der Waals surface area contributed by atoms with Crippen molar-refractivity contribution in [1.82, 2.24) is 0 Å². The molecule has 0 saturated carbocycles. The minimum absolute atomic E-state index is 0.113. The number of fused-ring (bicyclic) bond motifs is 27. The zero-order valence-corrected chi connectivity index (χ0v) is 69.1. The van der Waals surface area contributed by atoms with Crippen LogP contribution >= 0.6 is 0 Å². The molecule has 0 aromatic heterocycles. The summed E-state index contributed by atoms with van der Waals surface area (Å²) in [6, 6.07) is 151. The highest BCUT2D eigenvalue weighted by Gasteiger charge is 2.52. The first-order valence-electron chi connectivity index (χ1n) is 43.4. The molecular formula is C122H84. The lowest BCUT2D eigenvalue weighted by Crippen LogP contribution is -2.25. The highest BCUT2D eigenvalue weighted by atomic mass is 14.5. The Morgan fingerprint density at radius 1 is 0.139 bits per heavy atom. The molecule has 0 aliphatic heterocycles. The van der Waals surface area contributed by atoms with Crippen molar-refractivity contribution in [3.05, 3.63) is 456 Å². The van der Waals surface area contributed by atoms with Gasteiger partial charge in [-0.05, 0) is 302 Å². The fraction of sp³-hybridized carbons (Fsp3) is 0.0820. The zero-order valence-electron chi connectivity index (χ0n) is 69.1. The molecule has 5 aliphatic carbocycles. The number of hydrogen-bond acceptors (Lipinski definition) is 0. The highest BCUT2D eigenvalue weighted by molar-refractivity contribution is 6.26. The van der Waals surface area contributed by atoms with Gasteiger partial charge in [0.15, 0.2) is 0 Å². The molecule has 0 heterocycles. The van der Waals surface area contributed by atoms with E-state index in [1.165, 1.54) is 253 Å².